The number of para-hydroxylation sites is 2. The predicted octanol–water partition coefficient (Wildman–Crippen LogP) is 4.81. The molecule has 1 heterocycles. The Labute approximate surface area is 198 Å². The lowest BCUT2D eigenvalue weighted by molar-refractivity contribution is -0.131. The summed E-state index contributed by atoms with van der Waals surface area (Å²) in [6.07, 6.45) is 3.64. The van der Waals surface area contributed by atoms with Crippen molar-refractivity contribution in [2.45, 2.75) is 46.1 Å². The minimum absolute atomic E-state index is 0.0528. The standard InChI is InChI=1S/C25H31BrN4O2/c1-3-29(4-2)24(31)18-30-22-14-8-7-13-21(22)28-23(30)15-6-5-9-16-27-25(32)19-11-10-12-20(26)17-19/h7-8,10-14,17H,3-6,9,15-16,18H2,1-2H3,(H,27,32). The van der Waals surface area contributed by atoms with Gasteiger partial charge in [-0.05, 0) is 57.0 Å². The first-order chi connectivity index (χ1) is 15.5. The van der Waals surface area contributed by atoms with E-state index in [1.54, 1.807) is 0 Å². The molecule has 1 aromatic heterocycles. The van der Waals surface area contributed by atoms with Crippen LogP contribution in [0.2, 0.25) is 0 Å². The normalized spacial score (nSPS) is 11.0. The number of halogens is 1. The van der Waals surface area contributed by atoms with Crippen molar-refractivity contribution in [2.24, 2.45) is 0 Å². The predicted molar refractivity (Wildman–Crippen MR) is 132 cm³/mol. The van der Waals surface area contributed by atoms with E-state index in [0.717, 1.165) is 47.0 Å². The highest BCUT2D eigenvalue weighted by Crippen LogP contribution is 2.18. The first-order valence-electron chi connectivity index (χ1n) is 11.3. The summed E-state index contributed by atoms with van der Waals surface area (Å²) in [5.41, 5.74) is 2.59. The highest BCUT2D eigenvalue weighted by Gasteiger charge is 2.16. The molecule has 0 fully saturated rings. The van der Waals surface area contributed by atoms with Crippen molar-refractivity contribution in [2.75, 3.05) is 19.6 Å². The Morgan fingerprint density at radius 1 is 1.03 bits per heavy atom. The van der Waals surface area contributed by atoms with Gasteiger partial charge < -0.3 is 14.8 Å². The number of carbonyl (C=O) groups excluding carboxylic acids is 2. The molecule has 2 amide bonds. The molecule has 0 saturated carbocycles. The van der Waals surface area contributed by atoms with E-state index in [4.69, 9.17) is 4.98 Å². The number of aryl methyl sites for hydroxylation is 1. The van der Waals surface area contributed by atoms with E-state index >= 15 is 0 Å². The maximum atomic E-state index is 12.7. The Bertz CT molecular complexity index is 1060. The molecule has 32 heavy (non-hydrogen) atoms. The molecule has 170 valence electrons. The number of hydrogen-bond donors (Lipinski definition) is 1. The molecule has 0 atom stereocenters. The molecule has 1 N–H and O–H groups in total. The number of hydrogen-bond acceptors (Lipinski definition) is 3. The highest BCUT2D eigenvalue weighted by molar-refractivity contribution is 9.10. The van der Waals surface area contributed by atoms with Gasteiger partial charge in [0.1, 0.15) is 12.4 Å². The van der Waals surface area contributed by atoms with Crippen molar-refractivity contribution in [3.8, 4) is 0 Å². The molecule has 0 unspecified atom stereocenters. The number of fused-ring (bicyclic) bond motifs is 1. The van der Waals surface area contributed by atoms with Crippen molar-refractivity contribution < 1.29 is 9.59 Å². The Balaban J connectivity index is 1.53. The van der Waals surface area contributed by atoms with Crippen LogP contribution in [0, 0.1) is 0 Å². The summed E-state index contributed by atoms with van der Waals surface area (Å²) < 4.78 is 2.96. The zero-order valence-electron chi connectivity index (χ0n) is 18.8. The second kappa shape index (κ2) is 11.8. The van der Waals surface area contributed by atoms with Crippen LogP contribution in [0.1, 0.15) is 49.3 Å². The average Bonchev–Trinajstić information content (AvgIpc) is 3.14. The van der Waals surface area contributed by atoms with Crippen molar-refractivity contribution in [1.29, 1.82) is 0 Å². The van der Waals surface area contributed by atoms with E-state index in [2.05, 4.69) is 25.8 Å². The number of unbranched alkanes of at least 4 members (excludes halogenated alkanes) is 2. The third-order valence-corrected chi connectivity index (χ3v) is 6.09. The summed E-state index contributed by atoms with van der Waals surface area (Å²) in [5.74, 6) is 1.02. The third-order valence-electron chi connectivity index (χ3n) is 5.59. The molecule has 3 aromatic rings. The van der Waals surface area contributed by atoms with Gasteiger partial charge in [-0.1, -0.05) is 40.5 Å². The number of nitrogens with one attached hydrogen (secondary N) is 1. The van der Waals surface area contributed by atoms with Crippen molar-refractivity contribution in [3.05, 3.63) is 64.4 Å². The molecular weight excluding hydrogens is 468 g/mol. The lowest BCUT2D eigenvalue weighted by Gasteiger charge is -2.20. The largest absolute Gasteiger partial charge is 0.352 e. The van der Waals surface area contributed by atoms with Gasteiger partial charge in [-0.2, -0.15) is 0 Å². The molecule has 6 nitrogen and oxygen atoms in total. The van der Waals surface area contributed by atoms with Gasteiger partial charge in [0.25, 0.3) is 5.91 Å². The monoisotopic (exact) mass is 498 g/mol. The van der Waals surface area contributed by atoms with Crippen LogP contribution in [0.15, 0.2) is 53.0 Å². The summed E-state index contributed by atoms with van der Waals surface area (Å²) in [6.45, 7) is 6.39. The second-order valence-corrected chi connectivity index (χ2v) is 8.66. The number of amides is 2. The summed E-state index contributed by atoms with van der Waals surface area (Å²) in [5, 5.41) is 2.98. The minimum atomic E-state index is -0.0528. The fraction of sp³-hybridized carbons (Fsp3) is 0.400. The maximum Gasteiger partial charge on any atom is 0.251 e. The molecular formula is C25H31BrN4O2. The van der Waals surface area contributed by atoms with Gasteiger partial charge in [-0.15, -0.1) is 0 Å². The molecule has 0 saturated heterocycles. The van der Waals surface area contributed by atoms with Gasteiger partial charge in [0.2, 0.25) is 5.91 Å². The number of benzene rings is 2. The molecule has 0 aliphatic rings. The molecule has 7 heteroatoms. The third kappa shape index (κ3) is 6.19. The van der Waals surface area contributed by atoms with E-state index < -0.39 is 0 Å². The topological polar surface area (TPSA) is 67.2 Å². The summed E-state index contributed by atoms with van der Waals surface area (Å²) >= 11 is 3.39. The summed E-state index contributed by atoms with van der Waals surface area (Å²) in [6, 6.07) is 15.4. The molecule has 0 radical (unpaired) electrons. The number of aromatic nitrogens is 2. The van der Waals surface area contributed by atoms with E-state index in [9.17, 15) is 9.59 Å². The van der Waals surface area contributed by atoms with Crippen molar-refractivity contribution in [3.63, 3.8) is 0 Å². The zero-order chi connectivity index (χ0) is 22.9. The van der Waals surface area contributed by atoms with Crippen LogP contribution in [0.4, 0.5) is 0 Å². The Morgan fingerprint density at radius 3 is 2.56 bits per heavy atom. The lowest BCUT2D eigenvalue weighted by atomic mass is 10.1. The van der Waals surface area contributed by atoms with Gasteiger partial charge in [-0.3, -0.25) is 9.59 Å². The quantitative estimate of drug-likeness (QED) is 0.385. The van der Waals surface area contributed by atoms with E-state index in [0.29, 0.717) is 31.7 Å². The van der Waals surface area contributed by atoms with Crippen LogP contribution >= 0.6 is 15.9 Å². The molecule has 2 aromatic carbocycles. The number of imidazole rings is 1. The Hall–Kier alpha value is -2.67. The van der Waals surface area contributed by atoms with Gasteiger partial charge in [-0.25, -0.2) is 4.98 Å². The van der Waals surface area contributed by atoms with Crippen LogP contribution in [0.25, 0.3) is 11.0 Å². The van der Waals surface area contributed by atoms with Crippen LogP contribution < -0.4 is 5.32 Å². The molecule has 0 aliphatic carbocycles. The lowest BCUT2D eigenvalue weighted by Crippen LogP contribution is -2.33. The molecule has 3 rings (SSSR count). The molecule has 0 aliphatic heterocycles. The highest BCUT2D eigenvalue weighted by atomic mass is 79.9. The number of nitrogens with zero attached hydrogens (tertiary/aromatic N) is 3. The van der Waals surface area contributed by atoms with Gasteiger partial charge in [0.15, 0.2) is 0 Å². The first kappa shape index (κ1) is 24.0. The Morgan fingerprint density at radius 2 is 1.81 bits per heavy atom. The number of carbonyl (C=O) groups is 2. The summed E-state index contributed by atoms with van der Waals surface area (Å²) in [7, 11) is 0. The molecule has 0 bridgehead atoms. The fourth-order valence-electron chi connectivity index (χ4n) is 3.82. The van der Waals surface area contributed by atoms with Gasteiger partial charge in [0.05, 0.1) is 11.0 Å². The second-order valence-electron chi connectivity index (χ2n) is 7.75. The SMILES string of the molecule is CCN(CC)C(=O)Cn1c(CCCCCNC(=O)c2cccc(Br)c2)nc2ccccc21. The fourth-order valence-corrected chi connectivity index (χ4v) is 4.22. The average molecular weight is 499 g/mol. The van der Waals surface area contributed by atoms with E-state index in [1.807, 2.05) is 67.3 Å². The van der Waals surface area contributed by atoms with Crippen molar-refractivity contribution in [1.82, 2.24) is 19.8 Å². The van der Waals surface area contributed by atoms with Crippen LogP contribution in [-0.2, 0) is 17.8 Å². The van der Waals surface area contributed by atoms with Gasteiger partial charge in [0, 0.05) is 36.1 Å². The van der Waals surface area contributed by atoms with Gasteiger partial charge >= 0.3 is 0 Å². The smallest absolute Gasteiger partial charge is 0.251 e. The number of likely N-dealkylation sites (N-methyl/N-ethyl adjacent to an activating group) is 1. The van der Waals surface area contributed by atoms with Crippen LogP contribution in [-0.4, -0.2) is 45.9 Å². The minimum Gasteiger partial charge on any atom is -0.352 e. The van der Waals surface area contributed by atoms with Crippen molar-refractivity contribution >= 4 is 38.8 Å². The van der Waals surface area contributed by atoms with E-state index in [-0.39, 0.29) is 11.8 Å². The first-order valence-corrected chi connectivity index (χ1v) is 12.1. The maximum absolute atomic E-state index is 12.7. The Kier molecular flexibility index (Phi) is 8.85. The molecule has 0 spiro atoms. The number of rotatable bonds is 11. The van der Waals surface area contributed by atoms with E-state index in [1.165, 1.54) is 0 Å². The summed E-state index contributed by atoms with van der Waals surface area (Å²) in [4.78, 5) is 31.6. The zero-order valence-corrected chi connectivity index (χ0v) is 20.4. The van der Waals surface area contributed by atoms with Crippen LogP contribution in [0.3, 0.4) is 0 Å². The van der Waals surface area contributed by atoms with Crippen LogP contribution in [0.5, 0.6) is 0 Å².